The summed E-state index contributed by atoms with van der Waals surface area (Å²) in [5.74, 6) is -1.24. The molecule has 5 heterocycles. The Kier molecular flexibility index (Phi) is 4.76. The van der Waals surface area contributed by atoms with Crippen molar-refractivity contribution >= 4 is 33.4 Å². The molecule has 0 radical (unpaired) electrons. The summed E-state index contributed by atoms with van der Waals surface area (Å²) in [6.07, 6.45) is 7.71. The molecule has 7 rings (SSSR count). The first-order valence-corrected chi connectivity index (χ1v) is 11.2. The Morgan fingerprint density at radius 1 is 0.706 bits per heavy atom. The number of carbonyl (C=O) groups excluding carboxylic acids is 2. The molecule has 2 unspecified atom stereocenters. The third-order valence-electron chi connectivity index (χ3n) is 6.96. The van der Waals surface area contributed by atoms with Gasteiger partial charge in [-0.3, -0.25) is 19.6 Å². The largest absolute Gasteiger partial charge is 0.332 e. The van der Waals surface area contributed by atoms with Crippen molar-refractivity contribution in [3.63, 3.8) is 0 Å². The van der Waals surface area contributed by atoms with Crippen LogP contribution < -0.4 is 0 Å². The Morgan fingerprint density at radius 3 is 1.56 bits per heavy atom. The van der Waals surface area contributed by atoms with Crippen LogP contribution in [-0.2, 0) is 0 Å². The standard InChI is InChI=1S/C26H20F2N4O2/c27-17-3-1-15-9-29-11-23(21(15)7-17)25(33)31-13-20-6-5-19(31)14-32(20)26(34)24-12-30-10-16-2-4-18(28)8-22(16)24/h1-4,7-12,19-20H,5-6,13-14H2. The number of aromatic nitrogens is 2. The van der Waals surface area contributed by atoms with E-state index in [4.69, 9.17) is 0 Å². The number of rotatable bonds is 2. The third kappa shape index (κ3) is 3.29. The van der Waals surface area contributed by atoms with Crippen molar-refractivity contribution in [3.8, 4) is 0 Å². The van der Waals surface area contributed by atoms with Crippen molar-refractivity contribution < 1.29 is 18.4 Å². The van der Waals surface area contributed by atoms with Gasteiger partial charge in [0.1, 0.15) is 11.6 Å². The van der Waals surface area contributed by atoms with Gasteiger partial charge in [-0.1, -0.05) is 0 Å². The molecule has 2 atom stereocenters. The van der Waals surface area contributed by atoms with E-state index in [0.29, 0.717) is 45.8 Å². The lowest BCUT2D eigenvalue weighted by atomic mass is 9.89. The van der Waals surface area contributed by atoms with Gasteiger partial charge < -0.3 is 9.80 Å². The number of halogens is 2. The zero-order chi connectivity index (χ0) is 23.4. The van der Waals surface area contributed by atoms with E-state index in [1.54, 1.807) is 34.3 Å². The predicted molar refractivity (Wildman–Crippen MR) is 122 cm³/mol. The summed E-state index contributed by atoms with van der Waals surface area (Å²) in [4.78, 5) is 38.9. The molecule has 2 amide bonds. The number of fused-ring (bicyclic) bond motifs is 5. The third-order valence-corrected chi connectivity index (χ3v) is 6.96. The first-order chi connectivity index (χ1) is 16.5. The van der Waals surface area contributed by atoms with E-state index < -0.39 is 11.6 Å². The molecule has 170 valence electrons. The highest BCUT2D eigenvalue weighted by Crippen LogP contribution is 2.33. The number of carbonyl (C=O) groups is 2. The smallest absolute Gasteiger partial charge is 0.256 e. The maximum absolute atomic E-state index is 13.9. The maximum Gasteiger partial charge on any atom is 0.256 e. The van der Waals surface area contributed by atoms with E-state index in [0.717, 1.165) is 12.8 Å². The first-order valence-electron chi connectivity index (χ1n) is 11.2. The first kappa shape index (κ1) is 20.7. The van der Waals surface area contributed by atoms with E-state index in [9.17, 15) is 18.4 Å². The molecule has 3 saturated heterocycles. The van der Waals surface area contributed by atoms with Crippen LogP contribution in [0.3, 0.4) is 0 Å². The van der Waals surface area contributed by atoms with Crippen LogP contribution in [0.15, 0.2) is 61.2 Å². The van der Waals surface area contributed by atoms with Gasteiger partial charge in [-0.25, -0.2) is 8.78 Å². The van der Waals surface area contributed by atoms with Gasteiger partial charge in [0, 0.05) is 71.5 Å². The van der Waals surface area contributed by atoms with Crippen LogP contribution in [0.25, 0.3) is 21.5 Å². The Labute approximate surface area is 193 Å². The Balaban J connectivity index is 1.30. The van der Waals surface area contributed by atoms with Crippen molar-refractivity contribution in [3.05, 3.63) is 83.9 Å². The predicted octanol–water partition coefficient (Wildman–Crippen LogP) is 4.19. The summed E-state index contributed by atoms with van der Waals surface area (Å²) >= 11 is 0. The van der Waals surface area contributed by atoms with Gasteiger partial charge in [0.2, 0.25) is 0 Å². The summed E-state index contributed by atoms with van der Waals surface area (Å²) in [5, 5.41) is 2.44. The van der Waals surface area contributed by atoms with E-state index in [1.165, 1.54) is 36.7 Å². The van der Waals surface area contributed by atoms with E-state index in [-0.39, 0.29) is 23.9 Å². The van der Waals surface area contributed by atoms with Crippen molar-refractivity contribution in [2.75, 3.05) is 13.1 Å². The van der Waals surface area contributed by atoms with Crippen LogP contribution in [0.1, 0.15) is 33.6 Å². The molecule has 0 saturated carbocycles. The number of piperazine rings is 1. The SMILES string of the molecule is O=C(c1cncc2ccc(F)cc12)N1CC2CCC1CN2C(=O)c1cncc2ccc(F)cc12. The van der Waals surface area contributed by atoms with Crippen LogP contribution in [-0.4, -0.2) is 56.8 Å². The molecule has 0 aliphatic carbocycles. The molecule has 3 aliphatic heterocycles. The number of piperidine rings is 2. The topological polar surface area (TPSA) is 66.4 Å². The summed E-state index contributed by atoms with van der Waals surface area (Å²) in [7, 11) is 0. The molecule has 0 N–H and O–H groups in total. The molecular weight excluding hydrogens is 438 g/mol. The molecule has 8 heteroatoms. The number of amides is 2. The van der Waals surface area contributed by atoms with Crippen molar-refractivity contribution in [1.29, 1.82) is 0 Å². The average molecular weight is 458 g/mol. The van der Waals surface area contributed by atoms with E-state index in [2.05, 4.69) is 9.97 Å². The van der Waals surface area contributed by atoms with Gasteiger partial charge in [0.05, 0.1) is 11.1 Å². The minimum absolute atomic E-state index is 0.162. The number of nitrogens with zero attached hydrogens (tertiary/aromatic N) is 4. The number of benzene rings is 2. The molecule has 0 spiro atoms. The van der Waals surface area contributed by atoms with Crippen LogP contribution >= 0.6 is 0 Å². The highest BCUT2D eigenvalue weighted by Gasteiger charge is 2.43. The minimum atomic E-state index is -0.412. The van der Waals surface area contributed by atoms with Gasteiger partial charge in [-0.05, 0) is 49.2 Å². The van der Waals surface area contributed by atoms with Gasteiger partial charge in [-0.2, -0.15) is 0 Å². The Hall–Kier alpha value is -3.94. The fourth-order valence-corrected chi connectivity index (χ4v) is 5.25. The highest BCUT2D eigenvalue weighted by atomic mass is 19.1. The van der Waals surface area contributed by atoms with Crippen LogP contribution in [0.4, 0.5) is 8.78 Å². The maximum atomic E-state index is 13.9. The normalized spacial score (nSPS) is 19.7. The van der Waals surface area contributed by atoms with E-state index >= 15 is 0 Å². The summed E-state index contributed by atoms with van der Waals surface area (Å²) in [6, 6.07) is 8.30. The fraction of sp³-hybridized carbons (Fsp3) is 0.231. The van der Waals surface area contributed by atoms with Crippen molar-refractivity contribution in [1.82, 2.24) is 19.8 Å². The lowest BCUT2D eigenvalue weighted by Crippen LogP contribution is -2.65. The van der Waals surface area contributed by atoms with Gasteiger partial charge in [0.15, 0.2) is 0 Å². The van der Waals surface area contributed by atoms with Crippen LogP contribution in [0.2, 0.25) is 0 Å². The summed E-state index contributed by atoms with van der Waals surface area (Å²) in [6.45, 7) is 0.765. The molecule has 6 nitrogen and oxygen atoms in total. The van der Waals surface area contributed by atoms with Gasteiger partial charge >= 0.3 is 0 Å². The zero-order valence-corrected chi connectivity index (χ0v) is 18.1. The van der Waals surface area contributed by atoms with Crippen LogP contribution in [0.5, 0.6) is 0 Å². The molecule has 3 aliphatic rings. The lowest BCUT2D eigenvalue weighted by molar-refractivity contribution is -0.00593. The number of hydrogen-bond acceptors (Lipinski definition) is 4. The summed E-state index contributed by atoms with van der Waals surface area (Å²) in [5.41, 5.74) is 0.715. The second kappa shape index (κ2) is 7.83. The second-order valence-corrected chi connectivity index (χ2v) is 8.91. The van der Waals surface area contributed by atoms with Crippen LogP contribution in [0, 0.1) is 11.6 Å². The molecule has 3 fully saturated rings. The molecule has 2 bridgehead atoms. The monoisotopic (exact) mass is 458 g/mol. The Bertz CT molecular complexity index is 1360. The fourth-order valence-electron chi connectivity index (χ4n) is 5.25. The lowest BCUT2D eigenvalue weighted by Gasteiger charge is -2.51. The van der Waals surface area contributed by atoms with E-state index in [1.807, 2.05) is 0 Å². The summed E-state index contributed by atoms with van der Waals surface area (Å²) < 4.78 is 27.8. The van der Waals surface area contributed by atoms with Gasteiger partial charge in [-0.15, -0.1) is 0 Å². The minimum Gasteiger partial charge on any atom is -0.332 e. The Morgan fingerprint density at radius 2 is 1.15 bits per heavy atom. The molecule has 34 heavy (non-hydrogen) atoms. The van der Waals surface area contributed by atoms with Crippen molar-refractivity contribution in [2.24, 2.45) is 0 Å². The van der Waals surface area contributed by atoms with Gasteiger partial charge in [0.25, 0.3) is 11.8 Å². The second-order valence-electron chi connectivity index (χ2n) is 8.91. The number of hydrogen-bond donors (Lipinski definition) is 0. The molecular formula is C26H20F2N4O2. The molecule has 4 aromatic rings. The highest BCUT2D eigenvalue weighted by molar-refractivity contribution is 6.08. The molecule has 2 aromatic heterocycles. The zero-order valence-electron chi connectivity index (χ0n) is 18.1. The molecule has 2 aromatic carbocycles. The average Bonchev–Trinajstić information content (AvgIpc) is 2.87. The quantitative estimate of drug-likeness (QED) is 0.452. The number of pyridine rings is 2. The van der Waals surface area contributed by atoms with Crippen molar-refractivity contribution in [2.45, 2.75) is 24.9 Å².